The number of fused-ring (bicyclic) bond motifs is 1. The molecular weight excluding hydrogens is 484 g/mol. The summed E-state index contributed by atoms with van der Waals surface area (Å²) in [7, 11) is 2.16. The van der Waals surface area contributed by atoms with E-state index in [0.717, 1.165) is 48.4 Å². The summed E-state index contributed by atoms with van der Waals surface area (Å²) in [5.74, 6) is 0.459. The molecule has 0 radical (unpaired) electrons. The van der Waals surface area contributed by atoms with Gasteiger partial charge in [0.1, 0.15) is 5.65 Å². The topological polar surface area (TPSA) is 66.3 Å². The first-order valence-electron chi connectivity index (χ1n) is 13.4. The predicted molar refractivity (Wildman–Crippen MR) is 159 cm³/mol. The van der Waals surface area contributed by atoms with Gasteiger partial charge in [-0.1, -0.05) is 54.6 Å². The maximum Gasteiger partial charge on any atom is 0.252 e. The lowest BCUT2D eigenvalue weighted by Crippen LogP contribution is -2.44. The lowest BCUT2D eigenvalue weighted by atomic mass is 10.0. The number of piperazine rings is 1. The molecule has 2 aromatic heterocycles. The fourth-order valence-electron chi connectivity index (χ4n) is 5.16. The normalized spacial score (nSPS) is 14.9. The van der Waals surface area contributed by atoms with Gasteiger partial charge < -0.3 is 15.1 Å². The number of likely N-dealkylation sites (N-methyl/N-ethyl adjacent to an activating group) is 1. The fraction of sp³-hybridized carbons (Fsp3) is 0.219. The van der Waals surface area contributed by atoms with Crippen LogP contribution in [0.2, 0.25) is 0 Å². The maximum atomic E-state index is 13.1. The van der Waals surface area contributed by atoms with Crippen molar-refractivity contribution in [2.24, 2.45) is 0 Å². The first-order valence-corrected chi connectivity index (χ1v) is 13.4. The van der Waals surface area contributed by atoms with Crippen molar-refractivity contribution in [3.05, 3.63) is 113 Å². The quantitative estimate of drug-likeness (QED) is 0.319. The van der Waals surface area contributed by atoms with Gasteiger partial charge in [-0.05, 0) is 61.0 Å². The van der Waals surface area contributed by atoms with E-state index in [0.29, 0.717) is 11.6 Å². The molecule has 7 nitrogen and oxygen atoms in total. The summed E-state index contributed by atoms with van der Waals surface area (Å²) < 4.78 is 1.75. The molecule has 1 N–H and O–H groups in total. The van der Waals surface area contributed by atoms with Gasteiger partial charge in [-0.15, -0.1) is 0 Å². The third-order valence-corrected chi connectivity index (χ3v) is 7.55. The van der Waals surface area contributed by atoms with E-state index in [9.17, 15) is 4.79 Å². The van der Waals surface area contributed by atoms with Gasteiger partial charge in [0.25, 0.3) is 5.56 Å². The molecule has 0 amide bonds. The number of benzene rings is 3. The number of pyridine rings is 1. The van der Waals surface area contributed by atoms with Crippen LogP contribution >= 0.6 is 0 Å². The van der Waals surface area contributed by atoms with Gasteiger partial charge in [0.05, 0.1) is 6.04 Å². The molecule has 1 aliphatic rings. The molecular formula is C32H32N6O. The van der Waals surface area contributed by atoms with Crippen molar-refractivity contribution in [3.8, 4) is 11.1 Å². The number of aromatic nitrogens is 3. The number of rotatable bonds is 6. The largest absolute Gasteiger partial charge is 0.369 e. The zero-order valence-corrected chi connectivity index (χ0v) is 22.3. The van der Waals surface area contributed by atoms with Gasteiger partial charge in [-0.2, -0.15) is 4.98 Å². The minimum Gasteiger partial charge on any atom is -0.369 e. The van der Waals surface area contributed by atoms with Crippen LogP contribution < -0.4 is 15.8 Å². The first kappa shape index (κ1) is 24.8. The Balaban J connectivity index is 1.26. The van der Waals surface area contributed by atoms with Crippen LogP contribution in [0.1, 0.15) is 18.5 Å². The molecule has 1 fully saturated rings. The zero-order chi connectivity index (χ0) is 26.8. The Morgan fingerprint density at radius 1 is 0.795 bits per heavy atom. The molecule has 0 spiro atoms. The summed E-state index contributed by atoms with van der Waals surface area (Å²) in [6.45, 7) is 6.23. The van der Waals surface area contributed by atoms with E-state index in [1.54, 1.807) is 22.9 Å². The molecule has 1 saturated heterocycles. The summed E-state index contributed by atoms with van der Waals surface area (Å²) in [6, 6.07) is 30.2. The average Bonchev–Trinajstić information content (AvgIpc) is 2.98. The van der Waals surface area contributed by atoms with E-state index in [4.69, 9.17) is 4.98 Å². The summed E-state index contributed by atoms with van der Waals surface area (Å²) in [6.07, 6.45) is 1.77. The monoisotopic (exact) mass is 516 g/mol. The van der Waals surface area contributed by atoms with Crippen LogP contribution in [0.25, 0.3) is 22.2 Å². The number of anilines is 3. The number of nitrogens with one attached hydrogen (secondary N) is 1. The van der Waals surface area contributed by atoms with E-state index in [1.807, 2.05) is 25.1 Å². The van der Waals surface area contributed by atoms with Gasteiger partial charge in [0.2, 0.25) is 5.95 Å². The van der Waals surface area contributed by atoms with Crippen LogP contribution in [0, 0.1) is 0 Å². The highest BCUT2D eigenvalue weighted by atomic mass is 16.1. The van der Waals surface area contributed by atoms with Crippen LogP contribution in [0.4, 0.5) is 17.3 Å². The van der Waals surface area contributed by atoms with Crippen molar-refractivity contribution in [2.75, 3.05) is 43.4 Å². The smallest absolute Gasteiger partial charge is 0.252 e. The lowest BCUT2D eigenvalue weighted by molar-refractivity contribution is 0.313. The van der Waals surface area contributed by atoms with E-state index in [1.165, 1.54) is 11.3 Å². The van der Waals surface area contributed by atoms with Crippen molar-refractivity contribution in [2.45, 2.75) is 13.0 Å². The second kappa shape index (κ2) is 10.7. The minimum absolute atomic E-state index is 0.0942. The molecule has 39 heavy (non-hydrogen) atoms. The lowest BCUT2D eigenvalue weighted by Gasteiger charge is -2.34. The standard InChI is InChI=1S/C32H32N6O/c1-23(24-8-10-26(11-9-24)25-6-4-3-5-7-25)38-30(39)17-12-27-22-33-32(35-31(27)38)34-28-13-15-29(16-14-28)37-20-18-36(2)19-21-37/h3-17,22-23H,18-21H2,1-2H3,(H,33,34,35). The highest BCUT2D eigenvalue weighted by Crippen LogP contribution is 2.26. The molecule has 0 bridgehead atoms. The van der Waals surface area contributed by atoms with Gasteiger partial charge in [-0.3, -0.25) is 9.36 Å². The molecule has 196 valence electrons. The van der Waals surface area contributed by atoms with Crippen LogP contribution in [0.3, 0.4) is 0 Å². The minimum atomic E-state index is -0.198. The third kappa shape index (κ3) is 5.26. The Kier molecular flexibility index (Phi) is 6.82. The molecule has 6 rings (SSSR count). The average molecular weight is 517 g/mol. The molecule has 3 aromatic carbocycles. The second-order valence-corrected chi connectivity index (χ2v) is 10.1. The molecule has 7 heteroatoms. The first-order chi connectivity index (χ1) is 19.0. The Morgan fingerprint density at radius 3 is 2.21 bits per heavy atom. The van der Waals surface area contributed by atoms with E-state index < -0.39 is 0 Å². The summed E-state index contributed by atoms with van der Waals surface area (Å²) >= 11 is 0. The maximum absolute atomic E-state index is 13.1. The van der Waals surface area contributed by atoms with Crippen LogP contribution in [-0.4, -0.2) is 52.7 Å². The van der Waals surface area contributed by atoms with Crippen LogP contribution in [0.5, 0.6) is 0 Å². The molecule has 1 unspecified atom stereocenters. The van der Waals surface area contributed by atoms with Crippen molar-refractivity contribution in [3.63, 3.8) is 0 Å². The summed E-state index contributed by atoms with van der Waals surface area (Å²) in [4.78, 5) is 27.2. The fourth-order valence-corrected chi connectivity index (χ4v) is 5.16. The van der Waals surface area contributed by atoms with Gasteiger partial charge in [-0.25, -0.2) is 4.98 Å². The number of hydrogen-bond acceptors (Lipinski definition) is 6. The van der Waals surface area contributed by atoms with Crippen LogP contribution in [0.15, 0.2) is 102 Å². The van der Waals surface area contributed by atoms with Gasteiger partial charge in [0.15, 0.2) is 0 Å². The Labute approximate surface area is 228 Å². The summed E-state index contributed by atoms with van der Waals surface area (Å²) in [5.41, 5.74) is 5.98. The third-order valence-electron chi connectivity index (χ3n) is 7.55. The molecule has 5 aromatic rings. The Morgan fingerprint density at radius 2 is 1.49 bits per heavy atom. The Hall–Kier alpha value is -4.49. The molecule has 0 aliphatic carbocycles. The van der Waals surface area contributed by atoms with Crippen LogP contribution in [-0.2, 0) is 0 Å². The van der Waals surface area contributed by atoms with Gasteiger partial charge in [0, 0.05) is 55.2 Å². The second-order valence-electron chi connectivity index (χ2n) is 10.1. The molecule has 0 saturated carbocycles. The molecule has 3 heterocycles. The zero-order valence-electron chi connectivity index (χ0n) is 22.3. The van der Waals surface area contributed by atoms with Gasteiger partial charge >= 0.3 is 0 Å². The SMILES string of the molecule is CC(c1ccc(-c2ccccc2)cc1)n1c(=O)ccc2cnc(Nc3ccc(N4CCN(C)CC4)cc3)nc21. The van der Waals surface area contributed by atoms with E-state index >= 15 is 0 Å². The number of hydrogen-bond donors (Lipinski definition) is 1. The van der Waals surface area contributed by atoms with Crippen molar-refractivity contribution in [1.82, 2.24) is 19.4 Å². The van der Waals surface area contributed by atoms with E-state index in [2.05, 4.69) is 87.8 Å². The molecule has 1 aliphatic heterocycles. The highest BCUT2D eigenvalue weighted by Gasteiger charge is 2.16. The van der Waals surface area contributed by atoms with E-state index in [-0.39, 0.29) is 11.6 Å². The van der Waals surface area contributed by atoms with Crippen molar-refractivity contribution in [1.29, 1.82) is 0 Å². The summed E-state index contributed by atoms with van der Waals surface area (Å²) in [5, 5.41) is 4.14. The highest BCUT2D eigenvalue weighted by molar-refractivity contribution is 5.76. The Bertz CT molecular complexity index is 1620. The van der Waals surface area contributed by atoms with Crippen molar-refractivity contribution >= 4 is 28.4 Å². The molecule has 1 atom stereocenters. The number of nitrogens with zero attached hydrogens (tertiary/aromatic N) is 5. The predicted octanol–water partition coefficient (Wildman–Crippen LogP) is 5.56. The van der Waals surface area contributed by atoms with Crippen molar-refractivity contribution < 1.29 is 0 Å².